The molecule has 0 radical (unpaired) electrons. The largest absolute Gasteiger partial charge is 0.481 e. The van der Waals surface area contributed by atoms with Gasteiger partial charge in [0.05, 0.1) is 5.92 Å². The molecule has 0 spiro atoms. The molecule has 4 nitrogen and oxygen atoms in total. The van der Waals surface area contributed by atoms with Crippen LogP contribution in [0.4, 0.5) is 13.2 Å². The number of carboxylic acids is 1. The molecule has 2 rings (SSSR count). The summed E-state index contributed by atoms with van der Waals surface area (Å²) in [5.41, 5.74) is -0.568. The van der Waals surface area contributed by atoms with Crippen molar-refractivity contribution < 1.29 is 27.9 Å². The van der Waals surface area contributed by atoms with Gasteiger partial charge in [-0.2, -0.15) is 13.2 Å². The molecule has 7 heteroatoms. The Morgan fingerprint density at radius 1 is 1.14 bits per heavy atom. The van der Waals surface area contributed by atoms with Crippen molar-refractivity contribution in [2.24, 2.45) is 11.8 Å². The molecule has 118 valence electrons. The molecule has 0 aromatic carbocycles. The Kier molecular flexibility index (Phi) is 4.58. The summed E-state index contributed by atoms with van der Waals surface area (Å²) in [5.74, 6) is -1.62. The average molecular weight is 305 g/mol. The predicted molar refractivity (Wildman–Crippen MR) is 68.4 cm³/mol. The number of amides is 1. The summed E-state index contributed by atoms with van der Waals surface area (Å²) in [7, 11) is 0. The number of hydrogen-bond donors (Lipinski definition) is 1. The summed E-state index contributed by atoms with van der Waals surface area (Å²) in [6.45, 7) is 0.0789. The van der Waals surface area contributed by atoms with E-state index in [1.807, 2.05) is 0 Å². The quantitative estimate of drug-likeness (QED) is 0.798. The van der Waals surface area contributed by atoms with Crippen molar-refractivity contribution in [2.45, 2.75) is 38.3 Å². The number of halogens is 3. The number of aliphatic carboxylic acids is 1. The number of carbonyl (C=O) groups is 2. The van der Waals surface area contributed by atoms with Gasteiger partial charge in [0, 0.05) is 24.6 Å². The Hall–Kier alpha value is -1.53. The van der Waals surface area contributed by atoms with Crippen LogP contribution in [0.2, 0.25) is 0 Å². The number of nitrogens with zero attached hydrogens (tertiary/aromatic N) is 1. The lowest BCUT2D eigenvalue weighted by molar-refractivity contribution is -0.145. The lowest BCUT2D eigenvalue weighted by Gasteiger charge is -2.33. The SMILES string of the molecule is O=C(O)C1CCC(C(=O)N2CC=C(C(F)(F)F)CC2)CC1. The van der Waals surface area contributed by atoms with Crippen molar-refractivity contribution in [3.05, 3.63) is 11.6 Å². The number of alkyl halides is 3. The van der Waals surface area contributed by atoms with Gasteiger partial charge in [-0.05, 0) is 32.1 Å². The van der Waals surface area contributed by atoms with Crippen LogP contribution in [0.1, 0.15) is 32.1 Å². The summed E-state index contributed by atoms with van der Waals surface area (Å²) in [5, 5.41) is 8.91. The van der Waals surface area contributed by atoms with Crippen LogP contribution in [0.15, 0.2) is 11.6 Å². The number of carbonyl (C=O) groups excluding carboxylic acids is 1. The van der Waals surface area contributed by atoms with Crippen molar-refractivity contribution in [3.63, 3.8) is 0 Å². The van der Waals surface area contributed by atoms with Crippen LogP contribution in [-0.2, 0) is 9.59 Å². The van der Waals surface area contributed by atoms with Crippen LogP contribution >= 0.6 is 0 Å². The average Bonchev–Trinajstić information content (AvgIpc) is 2.46. The van der Waals surface area contributed by atoms with Crippen LogP contribution in [0.3, 0.4) is 0 Å². The molecule has 0 atom stereocenters. The Balaban J connectivity index is 1.89. The third-order valence-electron chi connectivity index (χ3n) is 4.31. The van der Waals surface area contributed by atoms with E-state index in [0.29, 0.717) is 25.7 Å². The Labute approximate surface area is 120 Å². The van der Waals surface area contributed by atoms with E-state index in [1.165, 1.54) is 4.90 Å². The third-order valence-corrected chi connectivity index (χ3v) is 4.31. The lowest BCUT2D eigenvalue weighted by Crippen LogP contribution is -2.41. The minimum absolute atomic E-state index is 0.00740. The van der Waals surface area contributed by atoms with Gasteiger partial charge in [-0.15, -0.1) is 0 Å². The zero-order valence-electron chi connectivity index (χ0n) is 11.5. The highest BCUT2D eigenvalue weighted by Gasteiger charge is 2.37. The van der Waals surface area contributed by atoms with Gasteiger partial charge >= 0.3 is 12.1 Å². The third kappa shape index (κ3) is 3.77. The minimum atomic E-state index is -4.31. The summed E-state index contributed by atoms with van der Waals surface area (Å²) in [6.07, 6.45) is -1.48. The first-order valence-corrected chi connectivity index (χ1v) is 7.07. The van der Waals surface area contributed by atoms with Crippen molar-refractivity contribution in [1.82, 2.24) is 4.90 Å². The molecule has 0 aromatic heterocycles. The normalized spacial score (nSPS) is 27.2. The van der Waals surface area contributed by atoms with Gasteiger partial charge in [0.2, 0.25) is 5.91 Å². The molecule has 1 aliphatic heterocycles. The molecule has 0 unspecified atom stereocenters. The molecule has 1 N–H and O–H groups in total. The van der Waals surface area contributed by atoms with E-state index in [0.717, 1.165) is 6.08 Å². The highest BCUT2D eigenvalue weighted by Crippen LogP contribution is 2.33. The molecule has 21 heavy (non-hydrogen) atoms. The van der Waals surface area contributed by atoms with E-state index in [9.17, 15) is 22.8 Å². The Bertz CT molecular complexity index is 451. The fourth-order valence-electron chi connectivity index (χ4n) is 2.97. The second-order valence-electron chi connectivity index (χ2n) is 5.65. The van der Waals surface area contributed by atoms with Gasteiger partial charge in [-0.25, -0.2) is 0 Å². The number of carboxylic acid groups (broad SMARTS) is 1. The van der Waals surface area contributed by atoms with Crippen molar-refractivity contribution in [1.29, 1.82) is 0 Å². The molecule has 2 aliphatic rings. The molecule has 0 aromatic rings. The van der Waals surface area contributed by atoms with Crippen molar-refractivity contribution in [3.8, 4) is 0 Å². The van der Waals surface area contributed by atoms with Gasteiger partial charge in [0.15, 0.2) is 0 Å². The molecule has 1 fully saturated rings. The highest BCUT2D eigenvalue weighted by atomic mass is 19.4. The molecule has 0 saturated heterocycles. The molecule has 1 heterocycles. The number of hydrogen-bond acceptors (Lipinski definition) is 2. The fourth-order valence-corrected chi connectivity index (χ4v) is 2.97. The first-order chi connectivity index (χ1) is 9.79. The fraction of sp³-hybridized carbons (Fsp3) is 0.714. The van der Waals surface area contributed by atoms with E-state index in [4.69, 9.17) is 5.11 Å². The maximum atomic E-state index is 12.5. The topological polar surface area (TPSA) is 57.6 Å². The summed E-state index contributed by atoms with van der Waals surface area (Å²) in [4.78, 5) is 24.6. The van der Waals surface area contributed by atoms with E-state index >= 15 is 0 Å². The van der Waals surface area contributed by atoms with Crippen LogP contribution in [0, 0.1) is 11.8 Å². The van der Waals surface area contributed by atoms with Gasteiger partial charge in [0.25, 0.3) is 0 Å². The Morgan fingerprint density at radius 2 is 1.71 bits per heavy atom. The smallest absolute Gasteiger partial charge is 0.412 e. The van der Waals surface area contributed by atoms with Crippen LogP contribution in [-0.4, -0.2) is 41.1 Å². The van der Waals surface area contributed by atoms with E-state index in [1.54, 1.807) is 0 Å². The summed E-state index contributed by atoms with van der Waals surface area (Å²) in [6, 6.07) is 0. The number of rotatable bonds is 2. The van der Waals surface area contributed by atoms with E-state index in [-0.39, 0.29) is 31.3 Å². The van der Waals surface area contributed by atoms with Gasteiger partial charge in [-0.1, -0.05) is 6.08 Å². The van der Waals surface area contributed by atoms with Crippen molar-refractivity contribution in [2.75, 3.05) is 13.1 Å². The van der Waals surface area contributed by atoms with Crippen molar-refractivity contribution >= 4 is 11.9 Å². The standard InChI is InChI=1S/C14H18F3NO3/c15-14(16,17)11-5-7-18(8-6-11)12(19)9-1-3-10(4-2-9)13(20)21/h5,9-10H,1-4,6-8H2,(H,20,21). The molecule has 1 amide bonds. The molecule has 1 saturated carbocycles. The second kappa shape index (κ2) is 6.07. The van der Waals surface area contributed by atoms with Crippen LogP contribution in [0.25, 0.3) is 0 Å². The maximum absolute atomic E-state index is 12.5. The van der Waals surface area contributed by atoms with E-state index in [2.05, 4.69) is 0 Å². The first-order valence-electron chi connectivity index (χ1n) is 7.07. The van der Waals surface area contributed by atoms with E-state index < -0.39 is 23.6 Å². The van der Waals surface area contributed by atoms with Crippen LogP contribution in [0.5, 0.6) is 0 Å². The summed E-state index contributed by atoms with van der Waals surface area (Å²) >= 11 is 0. The van der Waals surface area contributed by atoms with Gasteiger partial charge in [0.1, 0.15) is 0 Å². The maximum Gasteiger partial charge on any atom is 0.412 e. The predicted octanol–water partition coefficient (Wildman–Crippen LogP) is 2.60. The Morgan fingerprint density at radius 3 is 2.14 bits per heavy atom. The molecule has 0 bridgehead atoms. The van der Waals surface area contributed by atoms with Gasteiger partial charge < -0.3 is 10.0 Å². The molecular formula is C14H18F3NO3. The highest BCUT2D eigenvalue weighted by molar-refractivity contribution is 5.80. The van der Waals surface area contributed by atoms with Gasteiger partial charge in [-0.3, -0.25) is 9.59 Å². The molecular weight excluding hydrogens is 287 g/mol. The zero-order chi connectivity index (χ0) is 15.6. The van der Waals surface area contributed by atoms with Crippen LogP contribution < -0.4 is 0 Å². The lowest BCUT2D eigenvalue weighted by atomic mass is 9.81. The minimum Gasteiger partial charge on any atom is -0.481 e. The monoisotopic (exact) mass is 305 g/mol. The second-order valence-corrected chi connectivity index (χ2v) is 5.65. The summed E-state index contributed by atoms with van der Waals surface area (Å²) < 4.78 is 37.5. The first kappa shape index (κ1) is 15.9. The zero-order valence-corrected chi connectivity index (χ0v) is 11.5. The molecule has 1 aliphatic carbocycles.